The summed E-state index contributed by atoms with van der Waals surface area (Å²) < 4.78 is 0. The number of benzene rings is 1. The van der Waals surface area contributed by atoms with Crippen molar-refractivity contribution in [1.29, 1.82) is 0 Å². The second-order valence-electron chi connectivity index (χ2n) is 9.06. The topological polar surface area (TPSA) is 233 Å². The SMILES string of the molecule is CN(C)[C@@H]1C(=O)C(C(N)=O)=C(O)[C@@]2(O)C(=O)C3=C(O)c4c(O)cccc4[C@@](C)(O)[C@H]3[C@H](O)[C@@H]12.O. The first-order valence-corrected chi connectivity index (χ1v) is 10.1. The Morgan fingerprint density at radius 3 is 2.24 bits per heavy atom. The Hall–Kier alpha value is -3.29. The molecule has 12 nitrogen and oxygen atoms in total. The second kappa shape index (κ2) is 7.61. The smallest absolute Gasteiger partial charge is 0.255 e. The molecule has 6 atom stereocenters. The summed E-state index contributed by atoms with van der Waals surface area (Å²) in [6.07, 6.45) is -1.87. The number of rotatable bonds is 2. The molecule has 1 saturated carbocycles. The molecule has 0 heterocycles. The predicted octanol–water partition coefficient (Wildman–Crippen LogP) is -2.22. The van der Waals surface area contributed by atoms with E-state index in [0.29, 0.717) is 0 Å². The lowest BCUT2D eigenvalue weighted by Crippen LogP contribution is -2.71. The van der Waals surface area contributed by atoms with Gasteiger partial charge in [-0.05, 0) is 32.6 Å². The standard InChI is InChI=1S/C22H24N2O9.H2O/c1-21(32)7-5-4-6-8(25)9(7)15(26)10-12(21)17(28)13-14(24(2)3)16(27)11(20(23)31)19(30)22(13,33)18(10)29;/h4-6,12-14,17,25-26,28,30,32-33H,1-3H3,(H2,23,31);1H2/t12-,13-,14+,17+,21-,22+;/m1./s1. The van der Waals surface area contributed by atoms with Gasteiger partial charge in [0.25, 0.3) is 5.91 Å². The molecular weight excluding hydrogens is 452 g/mol. The molecule has 184 valence electrons. The first kappa shape index (κ1) is 25.3. The maximum atomic E-state index is 13.7. The number of aromatic hydroxyl groups is 1. The number of phenolic OH excluding ortho intramolecular Hbond substituents is 1. The molecule has 1 aromatic rings. The number of ketones is 2. The highest BCUT2D eigenvalue weighted by Crippen LogP contribution is 2.57. The van der Waals surface area contributed by atoms with Crippen LogP contribution < -0.4 is 5.73 Å². The number of aliphatic hydroxyl groups is 5. The van der Waals surface area contributed by atoms with E-state index in [1.165, 1.54) is 44.1 Å². The highest BCUT2D eigenvalue weighted by molar-refractivity contribution is 6.24. The van der Waals surface area contributed by atoms with Crippen LogP contribution in [0.1, 0.15) is 18.1 Å². The number of hydrogen-bond donors (Lipinski definition) is 7. The van der Waals surface area contributed by atoms with Crippen molar-refractivity contribution in [2.45, 2.75) is 30.3 Å². The van der Waals surface area contributed by atoms with Crippen LogP contribution in [0.25, 0.3) is 5.76 Å². The van der Waals surface area contributed by atoms with Crippen molar-refractivity contribution in [2.75, 3.05) is 14.1 Å². The molecule has 0 saturated heterocycles. The normalized spacial score (nSPS) is 34.9. The third kappa shape index (κ3) is 2.80. The van der Waals surface area contributed by atoms with Gasteiger partial charge in [-0.3, -0.25) is 19.3 Å². The minimum Gasteiger partial charge on any atom is -0.508 e. The fourth-order valence-corrected chi connectivity index (χ4v) is 5.60. The van der Waals surface area contributed by atoms with E-state index in [1.54, 1.807) is 0 Å². The van der Waals surface area contributed by atoms with Gasteiger partial charge < -0.3 is 41.8 Å². The molecule has 10 N–H and O–H groups in total. The number of fused-ring (bicyclic) bond motifs is 3. The minimum atomic E-state index is -3.02. The number of Topliss-reactive ketones (excluding diaryl/α,β-unsaturated/α-hetero) is 2. The molecule has 12 heteroatoms. The van der Waals surface area contributed by atoms with Crippen LogP contribution in [0.5, 0.6) is 5.75 Å². The van der Waals surface area contributed by atoms with E-state index >= 15 is 0 Å². The monoisotopic (exact) mass is 478 g/mol. The molecule has 0 radical (unpaired) electrons. The van der Waals surface area contributed by atoms with E-state index < -0.39 is 81.1 Å². The molecule has 0 bridgehead atoms. The van der Waals surface area contributed by atoms with Gasteiger partial charge in [-0.1, -0.05) is 12.1 Å². The molecule has 1 amide bonds. The highest BCUT2D eigenvalue weighted by atomic mass is 16.4. The van der Waals surface area contributed by atoms with Gasteiger partial charge in [-0.2, -0.15) is 0 Å². The van der Waals surface area contributed by atoms with Crippen molar-refractivity contribution in [3.05, 3.63) is 46.2 Å². The van der Waals surface area contributed by atoms with E-state index in [4.69, 9.17) is 5.73 Å². The summed E-state index contributed by atoms with van der Waals surface area (Å²) in [5.74, 6) is -9.67. The summed E-state index contributed by atoms with van der Waals surface area (Å²) in [4.78, 5) is 39.9. The van der Waals surface area contributed by atoms with Crippen molar-refractivity contribution in [1.82, 2.24) is 4.90 Å². The molecule has 1 fully saturated rings. The average Bonchev–Trinajstić information content (AvgIpc) is 2.70. The Labute approximate surface area is 193 Å². The fourth-order valence-electron chi connectivity index (χ4n) is 5.60. The first-order chi connectivity index (χ1) is 15.2. The third-order valence-corrected chi connectivity index (χ3v) is 7.03. The lowest BCUT2D eigenvalue weighted by atomic mass is 9.53. The van der Waals surface area contributed by atoms with Crippen LogP contribution in [0.2, 0.25) is 0 Å². The van der Waals surface area contributed by atoms with Gasteiger partial charge in [0.05, 0.1) is 40.7 Å². The first-order valence-electron chi connectivity index (χ1n) is 10.1. The zero-order valence-corrected chi connectivity index (χ0v) is 18.5. The molecule has 1 aromatic carbocycles. The summed E-state index contributed by atoms with van der Waals surface area (Å²) in [6, 6.07) is 2.50. The summed E-state index contributed by atoms with van der Waals surface area (Å²) >= 11 is 0. The lowest BCUT2D eigenvalue weighted by Gasteiger charge is -2.55. The predicted molar refractivity (Wildman–Crippen MR) is 115 cm³/mol. The van der Waals surface area contributed by atoms with Gasteiger partial charge in [0.2, 0.25) is 5.78 Å². The second-order valence-corrected chi connectivity index (χ2v) is 9.06. The Bertz CT molecular complexity index is 1180. The van der Waals surface area contributed by atoms with E-state index in [9.17, 15) is 45.0 Å². The molecule has 0 spiro atoms. The van der Waals surface area contributed by atoms with Crippen LogP contribution >= 0.6 is 0 Å². The van der Waals surface area contributed by atoms with Crippen LogP contribution in [0.3, 0.4) is 0 Å². The van der Waals surface area contributed by atoms with E-state index in [1.807, 2.05) is 0 Å². The number of amides is 1. The minimum absolute atomic E-state index is 0. The van der Waals surface area contributed by atoms with Gasteiger partial charge in [0.15, 0.2) is 11.4 Å². The van der Waals surface area contributed by atoms with Crippen molar-refractivity contribution < 1.29 is 50.5 Å². The average molecular weight is 478 g/mol. The van der Waals surface area contributed by atoms with Crippen LogP contribution in [0, 0.1) is 11.8 Å². The van der Waals surface area contributed by atoms with Gasteiger partial charge in [-0.25, -0.2) is 0 Å². The van der Waals surface area contributed by atoms with Crippen LogP contribution in [-0.2, 0) is 20.0 Å². The Morgan fingerprint density at radius 2 is 1.71 bits per heavy atom. The molecule has 0 unspecified atom stereocenters. The Kier molecular flexibility index (Phi) is 5.67. The number of phenols is 1. The number of aliphatic hydroxyl groups excluding tert-OH is 3. The number of hydrogen-bond acceptors (Lipinski definition) is 10. The molecule has 0 aliphatic heterocycles. The van der Waals surface area contributed by atoms with E-state index in [-0.39, 0.29) is 16.6 Å². The number of carbonyl (C=O) groups excluding carboxylic acids is 3. The number of nitrogens with zero attached hydrogens (tertiary/aromatic N) is 1. The summed E-state index contributed by atoms with van der Waals surface area (Å²) in [5, 5.41) is 66.3. The van der Waals surface area contributed by atoms with Gasteiger partial charge in [0.1, 0.15) is 22.8 Å². The number of primary amides is 1. The van der Waals surface area contributed by atoms with Crippen LogP contribution in [-0.4, -0.2) is 90.3 Å². The van der Waals surface area contributed by atoms with Crippen molar-refractivity contribution >= 4 is 23.2 Å². The number of nitrogens with two attached hydrogens (primary N) is 1. The van der Waals surface area contributed by atoms with Crippen molar-refractivity contribution in [3.63, 3.8) is 0 Å². The zero-order chi connectivity index (χ0) is 24.8. The lowest BCUT2D eigenvalue weighted by molar-refractivity contribution is -0.181. The van der Waals surface area contributed by atoms with E-state index in [2.05, 4.69) is 0 Å². The maximum absolute atomic E-state index is 13.7. The Balaban J connectivity index is 0.00000324. The Morgan fingerprint density at radius 1 is 1.12 bits per heavy atom. The van der Waals surface area contributed by atoms with Crippen LogP contribution in [0.15, 0.2) is 35.1 Å². The molecule has 34 heavy (non-hydrogen) atoms. The molecular formula is C22H26N2O10. The van der Waals surface area contributed by atoms with Gasteiger partial charge in [-0.15, -0.1) is 0 Å². The summed E-state index contributed by atoms with van der Waals surface area (Å²) in [7, 11) is 2.80. The fraction of sp³-hybridized carbons (Fsp3) is 0.409. The van der Waals surface area contributed by atoms with Gasteiger partial charge in [0, 0.05) is 0 Å². The molecule has 4 rings (SSSR count). The van der Waals surface area contributed by atoms with E-state index in [0.717, 1.165) is 0 Å². The zero-order valence-electron chi connectivity index (χ0n) is 18.5. The quantitative estimate of drug-likeness (QED) is 0.226. The molecule has 0 aromatic heterocycles. The number of likely N-dealkylation sites (N-methyl/N-ethyl adjacent to an activating group) is 1. The number of carbonyl (C=O) groups is 3. The van der Waals surface area contributed by atoms with Gasteiger partial charge >= 0.3 is 0 Å². The molecule has 3 aliphatic rings. The summed E-state index contributed by atoms with van der Waals surface area (Å²) in [6.45, 7) is 1.25. The van der Waals surface area contributed by atoms with Crippen LogP contribution in [0.4, 0.5) is 0 Å². The third-order valence-electron chi connectivity index (χ3n) is 7.03. The molecule has 3 aliphatic carbocycles. The van der Waals surface area contributed by atoms with Crippen molar-refractivity contribution in [3.8, 4) is 5.75 Å². The largest absolute Gasteiger partial charge is 0.508 e. The summed E-state index contributed by atoms with van der Waals surface area (Å²) in [5.41, 5.74) is -1.78. The highest BCUT2D eigenvalue weighted by Gasteiger charge is 2.70. The maximum Gasteiger partial charge on any atom is 0.255 e. The van der Waals surface area contributed by atoms with Crippen molar-refractivity contribution in [2.24, 2.45) is 17.6 Å².